The van der Waals surface area contributed by atoms with Gasteiger partial charge in [0.1, 0.15) is 5.82 Å². The van der Waals surface area contributed by atoms with E-state index in [0.717, 1.165) is 106 Å². The molecular weight excluding hydrogens is 564 g/mol. The van der Waals surface area contributed by atoms with Gasteiger partial charge in [0.2, 0.25) is 0 Å². The zero-order valence-electron chi connectivity index (χ0n) is 26.8. The highest BCUT2D eigenvalue weighted by molar-refractivity contribution is 5.88. The number of hydrogen-bond donors (Lipinski definition) is 0. The largest absolute Gasteiger partial charge is 0.416 e. The number of aryl methyl sites for hydroxylation is 1. The zero-order valence-corrected chi connectivity index (χ0v) is 26.8. The Morgan fingerprint density at radius 2 is 1.68 bits per heavy atom. The summed E-state index contributed by atoms with van der Waals surface area (Å²) in [6.45, 7) is 4.53. The Kier molecular flexibility index (Phi) is 10.9. The molecule has 0 amide bonds. The van der Waals surface area contributed by atoms with Crippen molar-refractivity contribution < 1.29 is 22.4 Å². The molecule has 0 bridgehead atoms. The first-order valence-electron chi connectivity index (χ1n) is 16.9. The van der Waals surface area contributed by atoms with Crippen molar-refractivity contribution in [3.8, 4) is 0 Å². The predicted molar refractivity (Wildman–Crippen MR) is 168 cm³/mol. The Hall–Kier alpha value is -2.25. The molecule has 242 valence electrons. The number of hydrogen-bond acceptors (Lipinski definition) is 3. The number of halogens is 4. The third-order valence-corrected chi connectivity index (χ3v) is 10.9. The number of ketones is 1. The molecule has 0 spiro atoms. The summed E-state index contributed by atoms with van der Waals surface area (Å²) in [4.78, 5) is 18.6. The lowest BCUT2D eigenvalue weighted by atomic mass is 9.74. The van der Waals surface area contributed by atoms with Crippen molar-refractivity contribution in [3.05, 3.63) is 70.0 Å². The Labute approximate surface area is 261 Å². The summed E-state index contributed by atoms with van der Waals surface area (Å²) in [5, 5.41) is 0. The Bertz CT molecular complexity index is 1260. The molecule has 1 heterocycles. The lowest BCUT2D eigenvalue weighted by Gasteiger charge is -2.37. The Morgan fingerprint density at radius 1 is 0.977 bits per heavy atom. The van der Waals surface area contributed by atoms with Crippen LogP contribution < -0.4 is 0 Å². The Morgan fingerprint density at radius 3 is 2.32 bits per heavy atom. The van der Waals surface area contributed by atoms with Crippen molar-refractivity contribution in [2.45, 2.75) is 108 Å². The molecule has 1 aliphatic heterocycles. The fourth-order valence-corrected chi connectivity index (χ4v) is 8.06. The number of likely N-dealkylation sites (N-methyl/N-ethyl adjacent to an activating group) is 1. The predicted octanol–water partition coefficient (Wildman–Crippen LogP) is 9.45. The van der Waals surface area contributed by atoms with Gasteiger partial charge in [0.25, 0.3) is 0 Å². The molecule has 3 aliphatic rings. The highest BCUT2D eigenvalue weighted by atomic mass is 19.4. The van der Waals surface area contributed by atoms with E-state index in [1.165, 1.54) is 18.6 Å². The number of rotatable bonds is 11. The van der Waals surface area contributed by atoms with E-state index in [4.69, 9.17) is 0 Å². The van der Waals surface area contributed by atoms with E-state index in [1.54, 1.807) is 12.1 Å². The molecule has 0 radical (unpaired) electrons. The number of carbonyl (C=O) groups is 1. The lowest BCUT2D eigenvalue weighted by molar-refractivity contribution is -0.137. The van der Waals surface area contributed by atoms with Gasteiger partial charge < -0.3 is 4.90 Å². The van der Waals surface area contributed by atoms with Gasteiger partial charge in [0, 0.05) is 5.92 Å². The standard InChI is InChI=1S/C37H50F4N2O/c1-25-21-32(38)24-33(34(25)27-9-5-4-6-10-27)35(36(44)28-11-7-12-28)43(3)20-17-30(22-26-15-18-42(2)19-16-26)29-13-8-14-31(23-29)37(39,40)41/h8,13-14,21,23-24,26-28,30,35H,4-7,9-12,15-20,22H2,1-3H3. The van der Waals surface area contributed by atoms with Gasteiger partial charge in [-0.25, -0.2) is 4.39 Å². The summed E-state index contributed by atoms with van der Waals surface area (Å²) in [6.07, 6.45) is 7.57. The number of Topliss-reactive ketones (excluding diaryl/α,β-unsaturated/α-hetero) is 1. The molecule has 44 heavy (non-hydrogen) atoms. The molecule has 2 aromatic carbocycles. The molecule has 2 aliphatic carbocycles. The molecule has 5 rings (SSSR count). The highest BCUT2D eigenvalue weighted by Crippen LogP contribution is 2.43. The van der Waals surface area contributed by atoms with Crippen LogP contribution in [0, 0.1) is 24.6 Å². The molecule has 2 atom stereocenters. The first-order valence-corrected chi connectivity index (χ1v) is 16.9. The quantitative estimate of drug-likeness (QED) is 0.236. The number of alkyl halides is 3. The topological polar surface area (TPSA) is 23.6 Å². The molecule has 2 aromatic rings. The first kappa shape index (κ1) is 33.1. The lowest BCUT2D eigenvalue weighted by Crippen LogP contribution is -2.39. The molecule has 3 fully saturated rings. The average molecular weight is 615 g/mol. The third-order valence-electron chi connectivity index (χ3n) is 10.9. The van der Waals surface area contributed by atoms with E-state index < -0.39 is 17.8 Å². The fraction of sp³-hybridized carbons (Fsp3) is 0.649. The summed E-state index contributed by atoms with van der Waals surface area (Å²) in [5.74, 6) is 0.579. The maximum Gasteiger partial charge on any atom is 0.416 e. The van der Waals surface area contributed by atoms with E-state index in [1.807, 2.05) is 20.0 Å². The second-order valence-electron chi connectivity index (χ2n) is 14.1. The highest BCUT2D eigenvalue weighted by Gasteiger charge is 2.38. The molecule has 2 unspecified atom stereocenters. The maximum absolute atomic E-state index is 15.1. The SMILES string of the molecule is Cc1cc(F)cc(C(C(=O)C2CCC2)N(C)CCC(CC2CCN(C)CC2)c2cccc(C(F)(F)F)c2)c1C1CCCCC1. The summed E-state index contributed by atoms with van der Waals surface area (Å²) in [5.41, 5.74) is 3.01. The van der Waals surface area contributed by atoms with Gasteiger partial charge in [-0.3, -0.25) is 9.69 Å². The fourth-order valence-electron chi connectivity index (χ4n) is 8.06. The smallest absolute Gasteiger partial charge is 0.306 e. The van der Waals surface area contributed by atoms with E-state index in [2.05, 4.69) is 16.8 Å². The van der Waals surface area contributed by atoms with Gasteiger partial charge in [0.15, 0.2) is 5.78 Å². The number of nitrogens with zero attached hydrogens (tertiary/aromatic N) is 2. The van der Waals surface area contributed by atoms with Gasteiger partial charge in [-0.05, 0) is 150 Å². The van der Waals surface area contributed by atoms with Crippen LogP contribution in [-0.4, -0.2) is 49.3 Å². The summed E-state index contributed by atoms with van der Waals surface area (Å²) in [7, 11) is 4.08. The number of piperidine rings is 1. The van der Waals surface area contributed by atoms with Crippen molar-refractivity contribution in [2.24, 2.45) is 11.8 Å². The van der Waals surface area contributed by atoms with E-state index in [-0.39, 0.29) is 23.4 Å². The normalized spacial score (nSPS) is 20.9. The van der Waals surface area contributed by atoms with E-state index in [0.29, 0.717) is 24.8 Å². The van der Waals surface area contributed by atoms with Crippen LogP contribution in [0.5, 0.6) is 0 Å². The second-order valence-corrected chi connectivity index (χ2v) is 14.1. The van der Waals surface area contributed by atoms with Gasteiger partial charge >= 0.3 is 6.18 Å². The summed E-state index contributed by atoms with van der Waals surface area (Å²) < 4.78 is 56.2. The second kappa shape index (κ2) is 14.5. The summed E-state index contributed by atoms with van der Waals surface area (Å²) in [6, 6.07) is 8.52. The number of likely N-dealkylation sites (tertiary alicyclic amines) is 1. The molecule has 0 aromatic heterocycles. The van der Waals surface area contributed by atoms with Crippen LogP contribution in [0.4, 0.5) is 17.6 Å². The third kappa shape index (κ3) is 7.93. The van der Waals surface area contributed by atoms with Crippen LogP contribution in [0.15, 0.2) is 36.4 Å². The average Bonchev–Trinajstić information content (AvgIpc) is 2.95. The molecule has 7 heteroatoms. The van der Waals surface area contributed by atoms with Gasteiger partial charge in [0.05, 0.1) is 11.6 Å². The molecule has 1 saturated heterocycles. The monoisotopic (exact) mass is 614 g/mol. The summed E-state index contributed by atoms with van der Waals surface area (Å²) >= 11 is 0. The van der Waals surface area contributed by atoms with Crippen molar-refractivity contribution in [2.75, 3.05) is 33.7 Å². The number of benzene rings is 2. The van der Waals surface area contributed by atoms with Crippen LogP contribution in [0.3, 0.4) is 0 Å². The Balaban J connectivity index is 1.44. The minimum absolute atomic E-state index is 0.0104. The van der Waals surface area contributed by atoms with Crippen molar-refractivity contribution in [1.29, 1.82) is 0 Å². The van der Waals surface area contributed by atoms with Crippen LogP contribution in [-0.2, 0) is 11.0 Å². The molecular formula is C37H50F4N2O. The van der Waals surface area contributed by atoms with Crippen molar-refractivity contribution in [1.82, 2.24) is 9.80 Å². The zero-order chi connectivity index (χ0) is 31.4. The minimum atomic E-state index is -4.39. The van der Waals surface area contributed by atoms with Crippen LogP contribution in [0.1, 0.15) is 123 Å². The van der Waals surface area contributed by atoms with Gasteiger partial charge in [-0.1, -0.05) is 43.9 Å². The van der Waals surface area contributed by atoms with Crippen molar-refractivity contribution >= 4 is 5.78 Å². The van der Waals surface area contributed by atoms with E-state index in [9.17, 15) is 18.0 Å². The molecule has 3 nitrogen and oxygen atoms in total. The van der Waals surface area contributed by atoms with Gasteiger partial charge in [-0.15, -0.1) is 0 Å². The van der Waals surface area contributed by atoms with Crippen LogP contribution >= 0.6 is 0 Å². The van der Waals surface area contributed by atoms with Crippen LogP contribution in [0.25, 0.3) is 0 Å². The molecule has 0 N–H and O–H groups in total. The van der Waals surface area contributed by atoms with Gasteiger partial charge in [-0.2, -0.15) is 13.2 Å². The number of carbonyl (C=O) groups excluding carboxylic acids is 1. The first-order chi connectivity index (χ1) is 21.0. The minimum Gasteiger partial charge on any atom is -0.306 e. The van der Waals surface area contributed by atoms with Crippen molar-refractivity contribution in [3.63, 3.8) is 0 Å². The maximum atomic E-state index is 15.1. The van der Waals surface area contributed by atoms with E-state index >= 15 is 4.39 Å². The van der Waals surface area contributed by atoms with Crippen LogP contribution in [0.2, 0.25) is 0 Å². The molecule has 2 saturated carbocycles.